The average molecular weight is 281 g/mol. The Morgan fingerprint density at radius 3 is 2.58 bits per heavy atom. The molecule has 1 saturated heterocycles. The summed E-state index contributed by atoms with van der Waals surface area (Å²) in [6, 6.07) is 8.68. The van der Waals surface area contributed by atoms with Crippen molar-refractivity contribution >= 4 is 11.8 Å². The van der Waals surface area contributed by atoms with Gasteiger partial charge in [0.2, 0.25) is 0 Å². The van der Waals surface area contributed by atoms with Crippen LogP contribution in [0.25, 0.3) is 10.4 Å². The number of thioether (sulfide) groups is 1. The smallest absolute Gasteiger partial charge is 0.119 e. The third-order valence-corrected chi connectivity index (χ3v) is 4.16. The zero-order valence-corrected chi connectivity index (χ0v) is 11.1. The molecule has 1 fully saturated rings. The monoisotopic (exact) mass is 281 g/mol. The molecular formula is C12H15N3O3S. The second-order valence-corrected chi connectivity index (χ2v) is 5.49. The van der Waals surface area contributed by atoms with Gasteiger partial charge in [-0.1, -0.05) is 35.1 Å². The van der Waals surface area contributed by atoms with E-state index < -0.39 is 29.8 Å². The van der Waals surface area contributed by atoms with Crippen LogP contribution in [-0.4, -0.2) is 40.0 Å². The lowest BCUT2D eigenvalue weighted by Gasteiger charge is -2.39. The summed E-state index contributed by atoms with van der Waals surface area (Å²) in [6.07, 6.45) is -2.69. The zero-order chi connectivity index (χ0) is 13.8. The molecule has 1 aromatic rings. The minimum absolute atomic E-state index is 0.513. The van der Waals surface area contributed by atoms with Gasteiger partial charge in [0.1, 0.15) is 17.6 Å². The predicted molar refractivity (Wildman–Crippen MR) is 71.6 cm³/mol. The molecule has 102 valence electrons. The third kappa shape index (κ3) is 3.20. The predicted octanol–water partition coefficient (Wildman–Crippen LogP) is 1.92. The van der Waals surface area contributed by atoms with Crippen LogP contribution in [0.15, 0.2) is 40.3 Å². The van der Waals surface area contributed by atoms with Gasteiger partial charge in [0.25, 0.3) is 0 Å². The van der Waals surface area contributed by atoms with Crippen LogP contribution in [-0.2, 0) is 4.74 Å². The highest BCUT2D eigenvalue weighted by molar-refractivity contribution is 7.99. The number of azide groups is 1. The summed E-state index contributed by atoms with van der Waals surface area (Å²) in [6.45, 7) is 1.68. The van der Waals surface area contributed by atoms with Crippen LogP contribution in [0.4, 0.5) is 0 Å². The Labute approximate surface area is 115 Å². The summed E-state index contributed by atoms with van der Waals surface area (Å²) in [5.74, 6) is 0. The van der Waals surface area contributed by atoms with Gasteiger partial charge in [-0.3, -0.25) is 0 Å². The van der Waals surface area contributed by atoms with E-state index in [2.05, 4.69) is 10.0 Å². The van der Waals surface area contributed by atoms with Crippen LogP contribution in [0.5, 0.6) is 0 Å². The maximum Gasteiger partial charge on any atom is 0.119 e. The van der Waals surface area contributed by atoms with E-state index in [-0.39, 0.29) is 0 Å². The Kier molecular flexibility index (Phi) is 4.68. The van der Waals surface area contributed by atoms with Gasteiger partial charge in [-0.15, -0.1) is 0 Å². The van der Waals surface area contributed by atoms with Crippen molar-refractivity contribution in [2.24, 2.45) is 5.11 Å². The van der Waals surface area contributed by atoms with E-state index in [4.69, 9.17) is 10.3 Å². The molecule has 19 heavy (non-hydrogen) atoms. The molecule has 0 aliphatic carbocycles. The van der Waals surface area contributed by atoms with E-state index in [1.807, 2.05) is 30.3 Å². The van der Waals surface area contributed by atoms with Crippen LogP contribution in [0, 0.1) is 0 Å². The second kappa shape index (κ2) is 6.27. The summed E-state index contributed by atoms with van der Waals surface area (Å²) in [7, 11) is 0. The molecule has 1 heterocycles. The van der Waals surface area contributed by atoms with Gasteiger partial charge in [0.15, 0.2) is 0 Å². The molecule has 1 unspecified atom stereocenters. The number of ether oxygens (including phenoxy) is 1. The normalized spacial score (nSPS) is 34.6. The SMILES string of the molecule is C[C@@H]1OC(Sc2ccccc2)[C@@H](N=[N+]=[N-])[C@H](O)[C@@H]1O. The van der Waals surface area contributed by atoms with E-state index in [9.17, 15) is 10.2 Å². The molecule has 0 aromatic heterocycles. The average Bonchev–Trinajstić information content (AvgIpc) is 2.42. The zero-order valence-electron chi connectivity index (χ0n) is 10.3. The highest BCUT2D eigenvalue weighted by Crippen LogP contribution is 2.34. The summed E-state index contributed by atoms with van der Waals surface area (Å²) >= 11 is 1.36. The number of hydrogen-bond acceptors (Lipinski definition) is 5. The molecule has 0 radical (unpaired) electrons. The lowest BCUT2D eigenvalue weighted by Crippen LogP contribution is -2.54. The number of nitrogens with zero attached hydrogens (tertiary/aromatic N) is 3. The van der Waals surface area contributed by atoms with Crippen molar-refractivity contribution < 1.29 is 14.9 Å². The van der Waals surface area contributed by atoms with Crippen LogP contribution >= 0.6 is 11.8 Å². The van der Waals surface area contributed by atoms with Gasteiger partial charge in [0.05, 0.1) is 12.2 Å². The summed E-state index contributed by atoms with van der Waals surface area (Å²) in [5, 5.41) is 23.3. The maximum absolute atomic E-state index is 9.98. The first-order valence-electron chi connectivity index (χ1n) is 5.91. The molecule has 7 heteroatoms. The number of aliphatic hydroxyl groups excluding tert-OH is 2. The molecule has 2 rings (SSSR count). The Hall–Kier alpha value is -1.24. The summed E-state index contributed by atoms with van der Waals surface area (Å²) in [4.78, 5) is 3.67. The summed E-state index contributed by atoms with van der Waals surface area (Å²) < 4.78 is 5.63. The van der Waals surface area contributed by atoms with Crippen molar-refractivity contribution in [2.75, 3.05) is 0 Å². The Bertz CT molecular complexity index is 467. The Balaban J connectivity index is 2.18. The Morgan fingerprint density at radius 1 is 1.26 bits per heavy atom. The molecule has 0 saturated carbocycles. The van der Waals surface area contributed by atoms with Gasteiger partial charge in [-0.25, -0.2) is 0 Å². The fourth-order valence-electron chi connectivity index (χ4n) is 1.93. The van der Waals surface area contributed by atoms with Gasteiger partial charge in [-0.2, -0.15) is 0 Å². The molecular weight excluding hydrogens is 266 g/mol. The minimum Gasteiger partial charge on any atom is -0.390 e. The first kappa shape index (κ1) is 14.2. The van der Waals surface area contributed by atoms with Crippen molar-refractivity contribution in [1.29, 1.82) is 0 Å². The number of aliphatic hydroxyl groups is 2. The number of benzene rings is 1. The quantitative estimate of drug-likeness (QED) is 0.502. The van der Waals surface area contributed by atoms with Gasteiger partial charge in [-0.05, 0) is 24.6 Å². The van der Waals surface area contributed by atoms with Crippen molar-refractivity contribution in [3.8, 4) is 0 Å². The largest absolute Gasteiger partial charge is 0.390 e. The van der Waals surface area contributed by atoms with Gasteiger partial charge in [0, 0.05) is 9.81 Å². The highest BCUT2D eigenvalue weighted by atomic mass is 32.2. The number of hydrogen-bond donors (Lipinski definition) is 2. The lowest BCUT2D eigenvalue weighted by atomic mass is 9.99. The van der Waals surface area contributed by atoms with Gasteiger partial charge < -0.3 is 14.9 Å². The van der Waals surface area contributed by atoms with E-state index >= 15 is 0 Å². The van der Waals surface area contributed by atoms with Crippen LogP contribution in [0.2, 0.25) is 0 Å². The lowest BCUT2D eigenvalue weighted by molar-refractivity contribution is -0.147. The second-order valence-electron chi connectivity index (χ2n) is 4.32. The molecule has 1 aromatic carbocycles. The first-order chi connectivity index (χ1) is 9.13. The van der Waals surface area contributed by atoms with E-state index in [1.165, 1.54) is 11.8 Å². The van der Waals surface area contributed by atoms with Crippen LogP contribution in [0.1, 0.15) is 6.92 Å². The minimum atomic E-state index is -1.12. The van der Waals surface area contributed by atoms with E-state index in [0.717, 1.165) is 4.90 Å². The fraction of sp³-hybridized carbons (Fsp3) is 0.500. The van der Waals surface area contributed by atoms with Crippen molar-refractivity contribution in [3.63, 3.8) is 0 Å². The topological polar surface area (TPSA) is 98.5 Å². The Morgan fingerprint density at radius 2 is 1.95 bits per heavy atom. The van der Waals surface area contributed by atoms with Crippen molar-refractivity contribution in [3.05, 3.63) is 40.8 Å². The number of rotatable bonds is 3. The highest BCUT2D eigenvalue weighted by Gasteiger charge is 2.42. The van der Waals surface area contributed by atoms with E-state index in [1.54, 1.807) is 6.92 Å². The third-order valence-electron chi connectivity index (χ3n) is 2.99. The molecule has 0 spiro atoms. The summed E-state index contributed by atoms with van der Waals surface area (Å²) in [5.41, 5.74) is 8.05. The maximum atomic E-state index is 9.98. The molecule has 1 aliphatic rings. The standard InChI is InChI=1S/C12H15N3O3S/c1-7-10(16)11(17)9(14-15-13)12(18-7)19-8-5-3-2-4-6-8/h2-7,9-12,16-17H,1H3/t7-,9-,10+,11-,12?/m0/s1. The van der Waals surface area contributed by atoms with Gasteiger partial charge >= 0.3 is 0 Å². The van der Waals surface area contributed by atoms with Crippen molar-refractivity contribution in [1.82, 2.24) is 0 Å². The molecule has 2 N–H and O–H groups in total. The fourth-order valence-corrected chi connectivity index (χ4v) is 3.09. The first-order valence-corrected chi connectivity index (χ1v) is 6.79. The molecule has 0 bridgehead atoms. The van der Waals surface area contributed by atoms with Crippen LogP contribution < -0.4 is 0 Å². The van der Waals surface area contributed by atoms with Crippen molar-refractivity contribution in [2.45, 2.75) is 41.6 Å². The molecule has 0 amide bonds. The van der Waals surface area contributed by atoms with Crippen LogP contribution in [0.3, 0.4) is 0 Å². The molecule has 6 nitrogen and oxygen atoms in total. The molecule has 5 atom stereocenters. The molecule has 1 aliphatic heterocycles. The van der Waals surface area contributed by atoms with E-state index in [0.29, 0.717) is 0 Å².